The van der Waals surface area contributed by atoms with Crippen LogP contribution >= 0.6 is 22.9 Å². The molecule has 1 amide bonds. The highest BCUT2D eigenvalue weighted by Gasteiger charge is 2.38. The zero-order valence-electron chi connectivity index (χ0n) is 11.1. The molecule has 3 nitrogen and oxygen atoms in total. The highest BCUT2D eigenvalue weighted by molar-refractivity contribution is 7.13. The molecule has 1 saturated carbocycles. The van der Waals surface area contributed by atoms with Crippen LogP contribution in [0.2, 0.25) is 0 Å². The fourth-order valence-corrected chi connectivity index (χ4v) is 3.00. The number of nitrogens with one attached hydrogen (secondary N) is 1. The van der Waals surface area contributed by atoms with E-state index in [9.17, 15) is 4.79 Å². The summed E-state index contributed by atoms with van der Waals surface area (Å²) in [4.78, 5) is 16.6. The Morgan fingerprint density at radius 1 is 1.50 bits per heavy atom. The Bertz CT molecular complexity index is 649. The van der Waals surface area contributed by atoms with Crippen molar-refractivity contribution in [2.75, 3.05) is 0 Å². The standard InChI is InChI=1S/C15H15ClN2OS/c1-15(5-6-15)18-13(19)10-3-2-4-11(7-10)14-17-12(8-16)9-20-14/h2-4,7,9H,5-6,8H2,1H3,(H,18,19). The van der Waals surface area contributed by atoms with E-state index >= 15 is 0 Å². The van der Waals surface area contributed by atoms with Crippen molar-refractivity contribution < 1.29 is 4.79 Å². The number of carbonyl (C=O) groups is 1. The second kappa shape index (κ2) is 5.19. The first kappa shape index (κ1) is 13.6. The molecular weight excluding hydrogens is 292 g/mol. The predicted octanol–water partition coefficient (Wildman–Crippen LogP) is 3.83. The number of hydrogen-bond acceptors (Lipinski definition) is 3. The molecule has 0 saturated heterocycles. The number of benzene rings is 1. The minimum atomic E-state index is -0.0130. The van der Waals surface area contributed by atoms with E-state index in [0.29, 0.717) is 11.4 Å². The minimum absolute atomic E-state index is 0.0000629. The van der Waals surface area contributed by atoms with E-state index in [4.69, 9.17) is 11.6 Å². The van der Waals surface area contributed by atoms with Crippen LogP contribution in [0.3, 0.4) is 0 Å². The van der Waals surface area contributed by atoms with Crippen molar-refractivity contribution in [1.29, 1.82) is 0 Å². The number of aromatic nitrogens is 1. The Labute approximate surface area is 127 Å². The second-order valence-corrected chi connectivity index (χ2v) is 6.50. The van der Waals surface area contributed by atoms with Gasteiger partial charge in [-0.15, -0.1) is 22.9 Å². The SMILES string of the molecule is CC1(NC(=O)c2cccc(-c3nc(CCl)cs3)c2)CC1. The van der Waals surface area contributed by atoms with Gasteiger partial charge in [0, 0.05) is 22.0 Å². The summed E-state index contributed by atoms with van der Waals surface area (Å²) in [6.07, 6.45) is 2.12. The lowest BCUT2D eigenvalue weighted by Crippen LogP contribution is -2.34. The number of rotatable bonds is 4. The number of amides is 1. The Morgan fingerprint density at radius 2 is 2.30 bits per heavy atom. The molecule has 20 heavy (non-hydrogen) atoms. The third-order valence-corrected chi connectivity index (χ3v) is 4.69. The zero-order valence-corrected chi connectivity index (χ0v) is 12.7. The normalized spacial score (nSPS) is 15.9. The Kier molecular flexibility index (Phi) is 3.52. The van der Waals surface area contributed by atoms with Gasteiger partial charge in [0.25, 0.3) is 5.91 Å². The maximum atomic E-state index is 12.2. The van der Waals surface area contributed by atoms with Crippen molar-refractivity contribution in [3.63, 3.8) is 0 Å². The van der Waals surface area contributed by atoms with Crippen molar-refractivity contribution in [2.24, 2.45) is 0 Å². The molecule has 0 spiro atoms. The number of alkyl halides is 1. The van der Waals surface area contributed by atoms with Gasteiger partial charge in [0.15, 0.2) is 0 Å². The first-order valence-corrected chi connectivity index (χ1v) is 7.94. The lowest BCUT2D eigenvalue weighted by molar-refractivity contribution is 0.0935. The van der Waals surface area contributed by atoms with Gasteiger partial charge in [0.1, 0.15) is 5.01 Å². The van der Waals surface area contributed by atoms with Crippen LogP contribution in [0.4, 0.5) is 0 Å². The Hall–Kier alpha value is -1.39. The van der Waals surface area contributed by atoms with E-state index in [2.05, 4.69) is 17.2 Å². The molecule has 0 unspecified atom stereocenters. The number of thiazole rings is 1. The molecule has 1 aliphatic carbocycles. The van der Waals surface area contributed by atoms with Crippen molar-refractivity contribution in [3.8, 4) is 10.6 Å². The van der Waals surface area contributed by atoms with Gasteiger partial charge in [-0.1, -0.05) is 12.1 Å². The van der Waals surface area contributed by atoms with E-state index in [1.807, 2.05) is 29.6 Å². The van der Waals surface area contributed by atoms with Crippen LogP contribution < -0.4 is 5.32 Å². The van der Waals surface area contributed by atoms with Crippen LogP contribution in [0.1, 0.15) is 35.8 Å². The fourth-order valence-electron chi connectivity index (χ4n) is 1.95. The minimum Gasteiger partial charge on any atom is -0.347 e. The molecule has 1 N–H and O–H groups in total. The smallest absolute Gasteiger partial charge is 0.251 e. The lowest BCUT2D eigenvalue weighted by Gasteiger charge is -2.11. The van der Waals surface area contributed by atoms with E-state index in [1.165, 1.54) is 0 Å². The van der Waals surface area contributed by atoms with E-state index in [1.54, 1.807) is 11.3 Å². The van der Waals surface area contributed by atoms with Crippen LogP contribution in [0.5, 0.6) is 0 Å². The van der Waals surface area contributed by atoms with Gasteiger partial charge < -0.3 is 5.32 Å². The van der Waals surface area contributed by atoms with Gasteiger partial charge in [0.2, 0.25) is 0 Å². The van der Waals surface area contributed by atoms with E-state index in [-0.39, 0.29) is 11.4 Å². The molecule has 1 aromatic carbocycles. The predicted molar refractivity (Wildman–Crippen MR) is 82.2 cm³/mol. The quantitative estimate of drug-likeness (QED) is 0.872. The molecular formula is C15H15ClN2OS. The summed E-state index contributed by atoms with van der Waals surface area (Å²) >= 11 is 7.31. The van der Waals surface area contributed by atoms with Crippen molar-refractivity contribution in [3.05, 3.63) is 40.9 Å². The third kappa shape index (κ3) is 2.86. The summed E-state index contributed by atoms with van der Waals surface area (Å²) in [7, 11) is 0. The largest absolute Gasteiger partial charge is 0.347 e. The van der Waals surface area contributed by atoms with Crippen molar-refractivity contribution >= 4 is 28.8 Å². The summed E-state index contributed by atoms with van der Waals surface area (Å²) in [6.45, 7) is 2.07. The third-order valence-electron chi connectivity index (χ3n) is 3.48. The number of hydrogen-bond donors (Lipinski definition) is 1. The van der Waals surface area contributed by atoms with Crippen molar-refractivity contribution in [1.82, 2.24) is 10.3 Å². The highest BCUT2D eigenvalue weighted by Crippen LogP contribution is 2.34. The maximum Gasteiger partial charge on any atom is 0.251 e. The highest BCUT2D eigenvalue weighted by atomic mass is 35.5. The topological polar surface area (TPSA) is 42.0 Å². The summed E-state index contributed by atoms with van der Waals surface area (Å²) in [5.41, 5.74) is 2.50. The lowest BCUT2D eigenvalue weighted by atomic mass is 10.1. The van der Waals surface area contributed by atoms with Gasteiger partial charge in [-0.25, -0.2) is 4.98 Å². The van der Waals surface area contributed by atoms with E-state index < -0.39 is 0 Å². The van der Waals surface area contributed by atoms with Gasteiger partial charge in [-0.2, -0.15) is 0 Å². The Morgan fingerprint density at radius 3 is 2.95 bits per heavy atom. The monoisotopic (exact) mass is 306 g/mol. The molecule has 0 aliphatic heterocycles. The first-order valence-electron chi connectivity index (χ1n) is 6.53. The number of halogens is 1. The van der Waals surface area contributed by atoms with Crippen LogP contribution in [0.25, 0.3) is 10.6 Å². The summed E-state index contributed by atoms with van der Waals surface area (Å²) in [5, 5.41) is 5.91. The summed E-state index contributed by atoms with van der Waals surface area (Å²) < 4.78 is 0. The maximum absolute atomic E-state index is 12.2. The zero-order chi connectivity index (χ0) is 14.2. The Balaban J connectivity index is 1.83. The molecule has 0 radical (unpaired) electrons. The average Bonchev–Trinajstić information content (AvgIpc) is 3.01. The molecule has 1 aliphatic rings. The summed E-state index contributed by atoms with van der Waals surface area (Å²) in [6, 6.07) is 7.58. The molecule has 3 rings (SSSR count). The molecule has 1 heterocycles. The van der Waals surface area contributed by atoms with Crippen LogP contribution in [-0.4, -0.2) is 16.4 Å². The molecule has 2 aromatic rings. The molecule has 104 valence electrons. The van der Waals surface area contributed by atoms with Gasteiger partial charge >= 0.3 is 0 Å². The molecule has 0 atom stereocenters. The van der Waals surface area contributed by atoms with Crippen molar-refractivity contribution in [2.45, 2.75) is 31.2 Å². The average molecular weight is 307 g/mol. The van der Waals surface area contributed by atoms with E-state index in [0.717, 1.165) is 29.1 Å². The van der Waals surface area contributed by atoms with Crippen LogP contribution in [0.15, 0.2) is 29.6 Å². The molecule has 1 aromatic heterocycles. The second-order valence-electron chi connectivity index (χ2n) is 5.37. The fraction of sp³-hybridized carbons (Fsp3) is 0.333. The number of carbonyl (C=O) groups excluding carboxylic acids is 1. The molecule has 5 heteroatoms. The van der Waals surface area contributed by atoms with Gasteiger partial charge in [0.05, 0.1) is 11.6 Å². The first-order chi connectivity index (χ1) is 9.59. The van der Waals surface area contributed by atoms with Crippen LogP contribution in [-0.2, 0) is 5.88 Å². The van der Waals surface area contributed by atoms with Gasteiger partial charge in [-0.3, -0.25) is 4.79 Å². The molecule has 1 fully saturated rings. The van der Waals surface area contributed by atoms with Crippen LogP contribution in [0, 0.1) is 0 Å². The van der Waals surface area contributed by atoms with Gasteiger partial charge in [-0.05, 0) is 31.9 Å². The summed E-state index contributed by atoms with van der Waals surface area (Å²) in [5.74, 6) is 0.399. The molecule has 0 bridgehead atoms. The number of nitrogens with zero attached hydrogens (tertiary/aromatic N) is 1.